The molecular formula is C22H24F3N3O2. The molecule has 1 fully saturated rings. The summed E-state index contributed by atoms with van der Waals surface area (Å²) in [7, 11) is 3.86. The van der Waals surface area contributed by atoms with Crippen LogP contribution in [-0.4, -0.2) is 49.9 Å². The molecular weight excluding hydrogens is 395 g/mol. The van der Waals surface area contributed by atoms with Crippen molar-refractivity contribution in [3.8, 4) is 0 Å². The van der Waals surface area contributed by atoms with Gasteiger partial charge in [-0.25, -0.2) is 0 Å². The minimum Gasteiger partial charge on any atom is -0.378 e. The molecule has 1 saturated heterocycles. The van der Waals surface area contributed by atoms with Crippen molar-refractivity contribution in [3.63, 3.8) is 0 Å². The second kappa shape index (κ2) is 8.77. The van der Waals surface area contributed by atoms with Crippen LogP contribution >= 0.6 is 0 Å². The van der Waals surface area contributed by atoms with Crippen LogP contribution < -0.4 is 10.2 Å². The van der Waals surface area contributed by atoms with Crippen LogP contribution in [0.15, 0.2) is 48.5 Å². The van der Waals surface area contributed by atoms with E-state index < -0.39 is 17.6 Å². The third-order valence-corrected chi connectivity index (χ3v) is 5.22. The normalized spacial score (nSPS) is 15.0. The van der Waals surface area contributed by atoms with Crippen LogP contribution in [0.2, 0.25) is 0 Å². The summed E-state index contributed by atoms with van der Waals surface area (Å²) in [6, 6.07) is 11.4. The first-order valence-electron chi connectivity index (χ1n) is 9.70. The van der Waals surface area contributed by atoms with Crippen LogP contribution in [0, 0.1) is 0 Å². The Kier molecular flexibility index (Phi) is 6.34. The summed E-state index contributed by atoms with van der Waals surface area (Å²) < 4.78 is 37.9. The molecule has 1 N–H and O–H groups in total. The number of rotatable bonds is 4. The van der Waals surface area contributed by atoms with Gasteiger partial charge in [0, 0.05) is 50.0 Å². The minimum absolute atomic E-state index is 0.0483. The standard InChI is InChI=1S/C22H24F3N3O2/c1-27(2)19-9-5-16(6-10-19)21(30)28-13-11-18(12-14-28)26-20(29)15-3-7-17(8-4-15)22(23,24)25/h3-10,18H,11-14H2,1-2H3,(H,26,29). The lowest BCUT2D eigenvalue weighted by atomic mass is 10.0. The summed E-state index contributed by atoms with van der Waals surface area (Å²) in [5, 5.41) is 2.85. The van der Waals surface area contributed by atoms with Gasteiger partial charge >= 0.3 is 6.18 Å². The lowest BCUT2D eigenvalue weighted by molar-refractivity contribution is -0.137. The number of piperidine rings is 1. The summed E-state index contributed by atoms with van der Waals surface area (Å²) in [5.74, 6) is -0.458. The van der Waals surface area contributed by atoms with E-state index in [1.165, 1.54) is 12.1 Å². The molecule has 0 aromatic heterocycles. The van der Waals surface area contributed by atoms with E-state index in [4.69, 9.17) is 0 Å². The van der Waals surface area contributed by atoms with Crippen LogP contribution in [-0.2, 0) is 6.18 Å². The average molecular weight is 419 g/mol. The molecule has 30 heavy (non-hydrogen) atoms. The third kappa shape index (κ3) is 5.11. The first-order chi connectivity index (χ1) is 14.1. The first kappa shape index (κ1) is 21.7. The molecule has 2 amide bonds. The van der Waals surface area contributed by atoms with Gasteiger partial charge in [-0.15, -0.1) is 0 Å². The van der Waals surface area contributed by atoms with Crippen molar-refractivity contribution >= 4 is 17.5 Å². The number of anilines is 1. The summed E-state index contributed by atoms with van der Waals surface area (Å²) in [6.07, 6.45) is -3.25. The van der Waals surface area contributed by atoms with Crippen LogP contribution in [0.4, 0.5) is 18.9 Å². The molecule has 2 aromatic rings. The number of benzene rings is 2. The number of nitrogens with zero attached hydrogens (tertiary/aromatic N) is 2. The van der Waals surface area contributed by atoms with E-state index in [-0.39, 0.29) is 17.5 Å². The van der Waals surface area contributed by atoms with E-state index in [0.717, 1.165) is 17.8 Å². The van der Waals surface area contributed by atoms with Crippen molar-refractivity contribution in [2.45, 2.75) is 25.1 Å². The minimum atomic E-state index is -4.43. The summed E-state index contributed by atoms with van der Waals surface area (Å²) in [6.45, 7) is 1.01. The zero-order valence-electron chi connectivity index (χ0n) is 16.9. The van der Waals surface area contributed by atoms with Gasteiger partial charge < -0.3 is 15.1 Å². The predicted octanol–water partition coefficient (Wildman–Crippen LogP) is 3.81. The van der Waals surface area contributed by atoms with Crippen molar-refractivity contribution in [3.05, 3.63) is 65.2 Å². The molecule has 1 aliphatic heterocycles. The van der Waals surface area contributed by atoms with E-state index in [1.807, 2.05) is 31.1 Å². The summed E-state index contributed by atoms with van der Waals surface area (Å²) in [5.41, 5.74) is 1.02. The number of hydrogen-bond acceptors (Lipinski definition) is 3. The SMILES string of the molecule is CN(C)c1ccc(C(=O)N2CCC(NC(=O)c3ccc(C(F)(F)F)cc3)CC2)cc1. The van der Waals surface area contributed by atoms with Gasteiger partial charge in [-0.2, -0.15) is 13.2 Å². The van der Waals surface area contributed by atoms with Crippen LogP contribution in [0.25, 0.3) is 0 Å². The van der Waals surface area contributed by atoms with Gasteiger partial charge in [-0.1, -0.05) is 0 Å². The highest BCUT2D eigenvalue weighted by Crippen LogP contribution is 2.29. The van der Waals surface area contributed by atoms with Gasteiger partial charge in [-0.3, -0.25) is 9.59 Å². The van der Waals surface area contributed by atoms with Gasteiger partial charge in [0.2, 0.25) is 0 Å². The Morgan fingerprint density at radius 3 is 1.97 bits per heavy atom. The zero-order chi connectivity index (χ0) is 21.9. The monoisotopic (exact) mass is 419 g/mol. The average Bonchev–Trinajstić information content (AvgIpc) is 2.73. The Morgan fingerprint density at radius 1 is 0.933 bits per heavy atom. The van der Waals surface area contributed by atoms with Gasteiger partial charge in [0.05, 0.1) is 5.56 Å². The van der Waals surface area contributed by atoms with E-state index in [1.54, 1.807) is 17.0 Å². The van der Waals surface area contributed by atoms with Crippen LogP contribution in [0.1, 0.15) is 39.1 Å². The molecule has 2 aromatic carbocycles. The maximum absolute atomic E-state index is 12.7. The molecule has 1 aliphatic rings. The molecule has 0 unspecified atom stereocenters. The lowest BCUT2D eigenvalue weighted by Crippen LogP contribution is -2.46. The van der Waals surface area contributed by atoms with E-state index in [9.17, 15) is 22.8 Å². The third-order valence-electron chi connectivity index (χ3n) is 5.22. The maximum atomic E-state index is 12.7. The molecule has 8 heteroatoms. The van der Waals surface area contributed by atoms with Crippen molar-refractivity contribution in [2.75, 3.05) is 32.1 Å². The molecule has 0 bridgehead atoms. The Morgan fingerprint density at radius 2 is 1.47 bits per heavy atom. The Labute approximate surface area is 173 Å². The Hall–Kier alpha value is -3.03. The number of carbonyl (C=O) groups is 2. The van der Waals surface area contributed by atoms with Crippen molar-refractivity contribution in [2.24, 2.45) is 0 Å². The Balaban J connectivity index is 1.52. The van der Waals surface area contributed by atoms with Crippen LogP contribution in [0.3, 0.4) is 0 Å². The lowest BCUT2D eigenvalue weighted by Gasteiger charge is -2.32. The highest BCUT2D eigenvalue weighted by Gasteiger charge is 2.30. The molecule has 0 atom stereocenters. The van der Waals surface area contributed by atoms with Gasteiger partial charge in [-0.05, 0) is 61.4 Å². The fourth-order valence-corrected chi connectivity index (χ4v) is 3.39. The van der Waals surface area contributed by atoms with Crippen molar-refractivity contribution in [1.82, 2.24) is 10.2 Å². The van der Waals surface area contributed by atoms with Gasteiger partial charge in [0.1, 0.15) is 0 Å². The molecule has 1 heterocycles. The van der Waals surface area contributed by atoms with E-state index >= 15 is 0 Å². The smallest absolute Gasteiger partial charge is 0.378 e. The molecule has 5 nitrogen and oxygen atoms in total. The number of alkyl halides is 3. The summed E-state index contributed by atoms with van der Waals surface area (Å²) in [4.78, 5) is 28.7. The number of hydrogen-bond donors (Lipinski definition) is 1. The highest BCUT2D eigenvalue weighted by molar-refractivity contribution is 5.95. The highest BCUT2D eigenvalue weighted by atomic mass is 19.4. The number of amides is 2. The van der Waals surface area contributed by atoms with Crippen molar-refractivity contribution < 1.29 is 22.8 Å². The second-order valence-electron chi connectivity index (χ2n) is 7.56. The predicted molar refractivity (Wildman–Crippen MR) is 109 cm³/mol. The first-order valence-corrected chi connectivity index (χ1v) is 9.70. The van der Waals surface area contributed by atoms with Gasteiger partial charge in [0.15, 0.2) is 0 Å². The van der Waals surface area contributed by atoms with E-state index in [2.05, 4.69) is 5.32 Å². The number of nitrogens with one attached hydrogen (secondary N) is 1. The van der Waals surface area contributed by atoms with E-state index in [0.29, 0.717) is 31.5 Å². The number of carbonyl (C=O) groups excluding carboxylic acids is 2. The summed E-state index contributed by atoms with van der Waals surface area (Å²) >= 11 is 0. The number of halogens is 3. The zero-order valence-corrected chi connectivity index (χ0v) is 16.9. The quantitative estimate of drug-likeness (QED) is 0.820. The second-order valence-corrected chi connectivity index (χ2v) is 7.56. The fraction of sp³-hybridized carbons (Fsp3) is 0.364. The maximum Gasteiger partial charge on any atom is 0.416 e. The molecule has 0 spiro atoms. The molecule has 0 aliphatic carbocycles. The fourth-order valence-electron chi connectivity index (χ4n) is 3.39. The largest absolute Gasteiger partial charge is 0.416 e. The molecule has 160 valence electrons. The van der Waals surface area contributed by atoms with Crippen molar-refractivity contribution in [1.29, 1.82) is 0 Å². The molecule has 3 rings (SSSR count). The molecule has 0 saturated carbocycles. The Bertz CT molecular complexity index is 885. The molecule has 0 radical (unpaired) electrons. The van der Waals surface area contributed by atoms with Gasteiger partial charge in [0.25, 0.3) is 11.8 Å². The van der Waals surface area contributed by atoms with Crippen LogP contribution in [0.5, 0.6) is 0 Å². The number of likely N-dealkylation sites (tertiary alicyclic amines) is 1. The topological polar surface area (TPSA) is 52.7 Å².